The Bertz CT molecular complexity index is 489. The summed E-state index contributed by atoms with van der Waals surface area (Å²) < 4.78 is 36.8. The molecule has 0 saturated carbocycles. The number of thiophene rings is 1. The van der Waals surface area contributed by atoms with Crippen molar-refractivity contribution in [2.45, 2.75) is 32.9 Å². The number of nitrogens with zero attached hydrogens (tertiary/aromatic N) is 2. The molecule has 1 aromatic rings. The van der Waals surface area contributed by atoms with Gasteiger partial charge in [-0.15, -0.1) is 11.3 Å². The van der Waals surface area contributed by atoms with Crippen molar-refractivity contribution in [3.63, 3.8) is 0 Å². The van der Waals surface area contributed by atoms with Crippen molar-refractivity contribution in [2.75, 3.05) is 39.8 Å². The number of alkyl halides is 3. The summed E-state index contributed by atoms with van der Waals surface area (Å²) in [5.41, 5.74) is 0. The van der Waals surface area contributed by atoms with Crippen molar-refractivity contribution in [1.29, 1.82) is 0 Å². The molecular formula is C17H29F3N4S. The van der Waals surface area contributed by atoms with E-state index in [9.17, 15) is 13.2 Å². The zero-order valence-electron chi connectivity index (χ0n) is 15.2. The smallest absolute Gasteiger partial charge is 0.357 e. The van der Waals surface area contributed by atoms with Crippen LogP contribution in [-0.4, -0.2) is 56.8 Å². The predicted octanol–water partition coefficient (Wildman–Crippen LogP) is 3.37. The molecule has 0 aliphatic rings. The van der Waals surface area contributed by atoms with E-state index in [4.69, 9.17) is 0 Å². The molecule has 0 amide bonds. The van der Waals surface area contributed by atoms with Crippen LogP contribution in [0.3, 0.4) is 0 Å². The Morgan fingerprint density at radius 1 is 1.36 bits per heavy atom. The minimum atomic E-state index is -4.14. The van der Waals surface area contributed by atoms with Gasteiger partial charge in [0.25, 0.3) is 0 Å². The number of rotatable bonds is 10. The largest absolute Gasteiger partial charge is 0.401 e. The molecule has 25 heavy (non-hydrogen) atoms. The van der Waals surface area contributed by atoms with Gasteiger partial charge in [0, 0.05) is 24.5 Å². The quantitative estimate of drug-likeness (QED) is 0.373. The van der Waals surface area contributed by atoms with Gasteiger partial charge in [-0.25, -0.2) is 0 Å². The standard InChI is InChI=1S/C17H29F3N4S/c1-4-21-16(22-8-6-9-24(3)13-17(18,19)20)23-12-14(2)11-15-7-5-10-25-15/h5,7,10,14H,4,6,8-9,11-13H2,1-3H3,(H2,21,22,23). The third kappa shape index (κ3) is 11.0. The molecule has 1 unspecified atom stereocenters. The Morgan fingerprint density at radius 3 is 2.72 bits per heavy atom. The minimum absolute atomic E-state index is 0.390. The van der Waals surface area contributed by atoms with Crippen molar-refractivity contribution < 1.29 is 13.2 Å². The van der Waals surface area contributed by atoms with Crippen molar-refractivity contribution in [1.82, 2.24) is 15.5 Å². The van der Waals surface area contributed by atoms with Crippen LogP contribution in [0.5, 0.6) is 0 Å². The SMILES string of the molecule is CCNC(=NCC(C)Cc1cccs1)NCCCN(C)CC(F)(F)F. The van der Waals surface area contributed by atoms with Gasteiger partial charge in [-0.3, -0.25) is 9.89 Å². The van der Waals surface area contributed by atoms with Crippen LogP contribution in [0.4, 0.5) is 13.2 Å². The fourth-order valence-electron chi connectivity index (χ4n) is 2.37. The van der Waals surface area contributed by atoms with Crippen LogP contribution in [0.25, 0.3) is 0 Å². The lowest BCUT2D eigenvalue weighted by atomic mass is 10.1. The highest BCUT2D eigenvalue weighted by Crippen LogP contribution is 2.15. The summed E-state index contributed by atoms with van der Waals surface area (Å²) in [4.78, 5) is 7.22. The zero-order chi connectivity index (χ0) is 18.7. The first-order valence-corrected chi connectivity index (χ1v) is 9.48. The van der Waals surface area contributed by atoms with Crippen LogP contribution >= 0.6 is 11.3 Å². The third-order valence-electron chi connectivity index (χ3n) is 3.49. The first-order valence-electron chi connectivity index (χ1n) is 8.60. The highest BCUT2D eigenvalue weighted by molar-refractivity contribution is 7.09. The average molecular weight is 379 g/mol. The summed E-state index contributed by atoms with van der Waals surface area (Å²) in [5.74, 6) is 1.16. The van der Waals surface area contributed by atoms with Crippen LogP contribution < -0.4 is 10.6 Å². The molecule has 8 heteroatoms. The van der Waals surface area contributed by atoms with Crippen molar-refractivity contribution in [3.05, 3.63) is 22.4 Å². The summed E-state index contributed by atoms with van der Waals surface area (Å²) in [5, 5.41) is 8.43. The molecule has 1 heterocycles. The van der Waals surface area contributed by atoms with Crippen LogP contribution in [0, 0.1) is 5.92 Å². The molecule has 0 spiro atoms. The summed E-state index contributed by atoms with van der Waals surface area (Å²) in [6.07, 6.45) is -2.51. The molecule has 2 N–H and O–H groups in total. The number of guanidine groups is 1. The fourth-order valence-corrected chi connectivity index (χ4v) is 3.24. The van der Waals surface area contributed by atoms with E-state index in [0.717, 1.165) is 18.9 Å². The second-order valence-corrected chi connectivity index (χ2v) is 7.27. The summed E-state index contributed by atoms with van der Waals surface area (Å²) in [6, 6.07) is 4.18. The van der Waals surface area contributed by atoms with E-state index in [1.165, 1.54) is 16.8 Å². The maximum atomic E-state index is 12.3. The Hall–Kier alpha value is -1.28. The van der Waals surface area contributed by atoms with E-state index in [0.29, 0.717) is 32.0 Å². The Kier molecular flexibility index (Phi) is 9.89. The van der Waals surface area contributed by atoms with Crippen LogP contribution in [0.2, 0.25) is 0 Å². The zero-order valence-corrected chi connectivity index (χ0v) is 16.0. The summed E-state index contributed by atoms with van der Waals surface area (Å²) >= 11 is 1.75. The van der Waals surface area contributed by atoms with Crippen LogP contribution in [0.1, 0.15) is 25.1 Å². The molecule has 0 fully saturated rings. The van der Waals surface area contributed by atoms with Gasteiger partial charge >= 0.3 is 6.18 Å². The molecule has 0 saturated heterocycles. The molecule has 0 radical (unpaired) electrons. The summed E-state index contributed by atoms with van der Waals surface area (Å²) in [6.45, 7) is 5.72. The Balaban J connectivity index is 2.30. The van der Waals surface area contributed by atoms with Crippen molar-refractivity contribution in [2.24, 2.45) is 10.9 Å². The molecular weight excluding hydrogens is 349 g/mol. The van der Waals surface area contributed by atoms with Crippen molar-refractivity contribution >= 4 is 17.3 Å². The van der Waals surface area contributed by atoms with Gasteiger partial charge in [-0.05, 0) is 50.7 Å². The number of aliphatic imine (C=N–C) groups is 1. The normalized spacial score (nSPS) is 14.0. The number of hydrogen-bond donors (Lipinski definition) is 2. The number of hydrogen-bond acceptors (Lipinski definition) is 3. The molecule has 0 aromatic carbocycles. The van der Waals surface area contributed by atoms with E-state index in [1.807, 2.05) is 6.92 Å². The fraction of sp³-hybridized carbons (Fsp3) is 0.706. The molecule has 1 atom stereocenters. The van der Waals surface area contributed by atoms with E-state index in [2.05, 4.69) is 40.1 Å². The topological polar surface area (TPSA) is 39.7 Å². The molecule has 0 aliphatic carbocycles. The monoisotopic (exact) mass is 378 g/mol. The van der Waals surface area contributed by atoms with Gasteiger partial charge in [0.1, 0.15) is 0 Å². The highest BCUT2D eigenvalue weighted by Gasteiger charge is 2.28. The van der Waals surface area contributed by atoms with Crippen molar-refractivity contribution in [3.8, 4) is 0 Å². The van der Waals surface area contributed by atoms with Gasteiger partial charge in [-0.1, -0.05) is 13.0 Å². The minimum Gasteiger partial charge on any atom is -0.357 e. The van der Waals surface area contributed by atoms with Gasteiger partial charge in [0.2, 0.25) is 0 Å². The lowest BCUT2D eigenvalue weighted by molar-refractivity contribution is -0.143. The number of nitrogens with one attached hydrogen (secondary N) is 2. The predicted molar refractivity (Wildman–Crippen MR) is 99.3 cm³/mol. The van der Waals surface area contributed by atoms with Gasteiger partial charge in [0.05, 0.1) is 6.54 Å². The average Bonchev–Trinajstić information content (AvgIpc) is 3.00. The molecule has 144 valence electrons. The maximum Gasteiger partial charge on any atom is 0.401 e. The first kappa shape index (κ1) is 21.8. The van der Waals surface area contributed by atoms with E-state index < -0.39 is 12.7 Å². The summed E-state index contributed by atoms with van der Waals surface area (Å²) in [7, 11) is 1.49. The second kappa shape index (κ2) is 11.4. The van der Waals surface area contributed by atoms with Gasteiger partial charge in [0.15, 0.2) is 5.96 Å². The van der Waals surface area contributed by atoms with Crippen LogP contribution in [-0.2, 0) is 6.42 Å². The van der Waals surface area contributed by atoms with Crippen LogP contribution in [0.15, 0.2) is 22.5 Å². The maximum absolute atomic E-state index is 12.3. The molecule has 4 nitrogen and oxygen atoms in total. The second-order valence-electron chi connectivity index (χ2n) is 6.24. The molecule has 1 aromatic heterocycles. The van der Waals surface area contributed by atoms with E-state index >= 15 is 0 Å². The van der Waals surface area contributed by atoms with Gasteiger partial charge in [-0.2, -0.15) is 13.2 Å². The van der Waals surface area contributed by atoms with E-state index in [1.54, 1.807) is 11.3 Å². The molecule has 0 bridgehead atoms. The third-order valence-corrected chi connectivity index (χ3v) is 4.39. The van der Waals surface area contributed by atoms with E-state index in [-0.39, 0.29) is 0 Å². The highest BCUT2D eigenvalue weighted by atomic mass is 32.1. The first-order chi connectivity index (χ1) is 11.8. The Morgan fingerprint density at radius 2 is 2.12 bits per heavy atom. The lowest BCUT2D eigenvalue weighted by Gasteiger charge is -2.19. The molecule has 0 aliphatic heterocycles. The van der Waals surface area contributed by atoms with Gasteiger partial charge < -0.3 is 10.6 Å². The molecule has 1 rings (SSSR count). The number of halogens is 3. The Labute approximate surface area is 152 Å². The lowest BCUT2D eigenvalue weighted by Crippen LogP contribution is -2.39.